The molecule has 3 rings (SSSR count). The summed E-state index contributed by atoms with van der Waals surface area (Å²) in [6.07, 6.45) is 3.76. The first-order chi connectivity index (χ1) is 8.74. The van der Waals surface area contributed by atoms with E-state index in [9.17, 15) is 4.39 Å². The fourth-order valence-electron chi connectivity index (χ4n) is 2.22. The molecular formula is C12H15FN4O. The van der Waals surface area contributed by atoms with Gasteiger partial charge in [-0.15, -0.1) is 0 Å². The Hall–Kier alpha value is -1.69. The minimum atomic E-state index is -1.27. The summed E-state index contributed by atoms with van der Waals surface area (Å²) in [5, 5.41) is 7.41. The van der Waals surface area contributed by atoms with E-state index in [0.29, 0.717) is 12.4 Å². The van der Waals surface area contributed by atoms with Gasteiger partial charge in [-0.1, -0.05) is 0 Å². The van der Waals surface area contributed by atoms with Crippen LogP contribution in [0.1, 0.15) is 18.5 Å². The maximum absolute atomic E-state index is 13.6. The van der Waals surface area contributed by atoms with E-state index >= 15 is 0 Å². The lowest BCUT2D eigenvalue weighted by Crippen LogP contribution is -2.37. The Labute approximate surface area is 104 Å². The normalized spacial score (nSPS) is 24.3. The second kappa shape index (κ2) is 4.53. The number of hydrogen-bond acceptors (Lipinski definition) is 4. The van der Waals surface area contributed by atoms with E-state index in [1.54, 1.807) is 16.9 Å². The standard InChI is InChI=1S/C12H15FN4O/c1-8-7-10-12(14-4-5-17(10)16-8)15-9-3-2-6-18-11(9)13/h4-5,7,9,11H,2-3,6H2,1H3,(H,14,15). The maximum atomic E-state index is 13.6. The molecule has 0 aliphatic carbocycles. The molecule has 1 fully saturated rings. The molecule has 0 spiro atoms. The van der Waals surface area contributed by atoms with Gasteiger partial charge < -0.3 is 10.1 Å². The zero-order valence-electron chi connectivity index (χ0n) is 10.1. The van der Waals surface area contributed by atoms with Crippen LogP contribution >= 0.6 is 0 Å². The molecule has 3 heterocycles. The lowest BCUT2D eigenvalue weighted by Gasteiger charge is -2.27. The molecule has 5 nitrogen and oxygen atoms in total. The Morgan fingerprint density at radius 2 is 2.44 bits per heavy atom. The molecule has 1 aliphatic rings. The molecule has 2 aromatic rings. The number of anilines is 1. The lowest BCUT2D eigenvalue weighted by molar-refractivity contribution is -0.0758. The SMILES string of the molecule is Cc1cc2c(NC3CCCOC3F)nccn2n1. The van der Waals surface area contributed by atoms with Gasteiger partial charge in [0.15, 0.2) is 5.82 Å². The quantitative estimate of drug-likeness (QED) is 0.884. The largest absolute Gasteiger partial charge is 0.360 e. The Kier molecular flexibility index (Phi) is 2.87. The van der Waals surface area contributed by atoms with Crippen LogP contribution in [-0.4, -0.2) is 33.6 Å². The van der Waals surface area contributed by atoms with Crippen LogP contribution in [0.25, 0.3) is 5.52 Å². The Bertz CT molecular complexity index is 556. The number of aryl methyl sites for hydroxylation is 1. The van der Waals surface area contributed by atoms with Gasteiger partial charge in [-0.25, -0.2) is 13.9 Å². The summed E-state index contributed by atoms with van der Waals surface area (Å²) in [5.41, 5.74) is 1.76. The van der Waals surface area contributed by atoms with Crippen molar-refractivity contribution in [1.29, 1.82) is 0 Å². The van der Waals surface area contributed by atoms with Gasteiger partial charge in [0.25, 0.3) is 0 Å². The van der Waals surface area contributed by atoms with Crippen molar-refractivity contribution in [3.8, 4) is 0 Å². The fraction of sp³-hybridized carbons (Fsp3) is 0.500. The average Bonchev–Trinajstić information content (AvgIpc) is 2.73. The average molecular weight is 250 g/mol. The van der Waals surface area contributed by atoms with Crippen LogP contribution in [0, 0.1) is 6.92 Å². The zero-order valence-corrected chi connectivity index (χ0v) is 10.1. The minimum Gasteiger partial charge on any atom is -0.360 e. The van der Waals surface area contributed by atoms with Crippen LogP contribution in [0.15, 0.2) is 18.5 Å². The molecule has 2 unspecified atom stereocenters. The van der Waals surface area contributed by atoms with Gasteiger partial charge in [-0.2, -0.15) is 5.10 Å². The first-order valence-corrected chi connectivity index (χ1v) is 6.07. The molecule has 1 saturated heterocycles. The van der Waals surface area contributed by atoms with Crippen LogP contribution in [0.3, 0.4) is 0 Å². The molecule has 0 radical (unpaired) electrons. The van der Waals surface area contributed by atoms with Crippen molar-refractivity contribution in [1.82, 2.24) is 14.6 Å². The number of alkyl halides is 1. The number of fused-ring (bicyclic) bond motifs is 1. The van der Waals surface area contributed by atoms with E-state index in [1.807, 2.05) is 13.0 Å². The molecule has 6 heteroatoms. The highest BCUT2D eigenvalue weighted by molar-refractivity contribution is 5.68. The summed E-state index contributed by atoms with van der Waals surface area (Å²) in [5.74, 6) is 0.649. The molecule has 0 bridgehead atoms. The van der Waals surface area contributed by atoms with Crippen molar-refractivity contribution in [2.24, 2.45) is 0 Å². The number of nitrogens with one attached hydrogen (secondary N) is 1. The maximum Gasteiger partial charge on any atom is 0.219 e. The number of rotatable bonds is 2. The fourth-order valence-corrected chi connectivity index (χ4v) is 2.22. The number of halogens is 1. The second-order valence-corrected chi connectivity index (χ2v) is 4.51. The van der Waals surface area contributed by atoms with E-state index in [0.717, 1.165) is 24.1 Å². The molecule has 0 amide bonds. The summed E-state index contributed by atoms with van der Waals surface area (Å²) >= 11 is 0. The number of nitrogens with zero attached hydrogens (tertiary/aromatic N) is 3. The van der Waals surface area contributed by atoms with Gasteiger partial charge in [0, 0.05) is 12.4 Å². The predicted molar refractivity (Wildman–Crippen MR) is 65.2 cm³/mol. The van der Waals surface area contributed by atoms with Crippen molar-refractivity contribution in [3.05, 3.63) is 24.2 Å². The molecule has 1 aliphatic heterocycles. The molecule has 0 saturated carbocycles. The summed E-state index contributed by atoms with van der Waals surface area (Å²) in [6, 6.07) is 1.58. The van der Waals surface area contributed by atoms with Crippen molar-refractivity contribution in [3.63, 3.8) is 0 Å². The van der Waals surface area contributed by atoms with Crippen molar-refractivity contribution in [2.75, 3.05) is 11.9 Å². The summed E-state index contributed by atoms with van der Waals surface area (Å²) in [7, 11) is 0. The highest BCUT2D eigenvalue weighted by Gasteiger charge is 2.26. The van der Waals surface area contributed by atoms with Crippen molar-refractivity contribution in [2.45, 2.75) is 32.2 Å². The summed E-state index contributed by atoms with van der Waals surface area (Å²) < 4.78 is 20.3. The number of ether oxygens (including phenoxy) is 1. The molecule has 1 N–H and O–H groups in total. The minimum absolute atomic E-state index is 0.340. The molecule has 2 atom stereocenters. The number of hydrogen-bond donors (Lipinski definition) is 1. The number of aromatic nitrogens is 3. The van der Waals surface area contributed by atoms with Gasteiger partial charge in [-0.3, -0.25) is 0 Å². The molecule has 0 aromatic carbocycles. The van der Waals surface area contributed by atoms with E-state index in [4.69, 9.17) is 4.74 Å². The van der Waals surface area contributed by atoms with Crippen LogP contribution < -0.4 is 5.32 Å². The first kappa shape index (κ1) is 11.4. The van der Waals surface area contributed by atoms with Crippen LogP contribution in [0.2, 0.25) is 0 Å². The topological polar surface area (TPSA) is 51.5 Å². The smallest absolute Gasteiger partial charge is 0.219 e. The third kappa shape index (κ3) is 2.03. The van der Waals surface area contributed by atoms with E-state index < -0.39 is 6.36 Å². The molecule has 18 heavy (non-hydrogen) atoms. The van der Waals surface area contributed by atoms with Gasteiger partial charge in [0.1, 0.15) is 5.52 Å². The first-order valence-electron chi connectivity index (χ1n) is 6.07. The summed E-state index contributed by atoms with van der Waals surface area (Å²) in [6.45, 7) is 2.40. The highest BCUT2D eigenvalue weighted by atomic mass is 19.1. The van der Waals surface area contributed by atoms with Gasteiger partial charge in [0.2, 0.25) is 6.36 Å². The van der Waals surface area contributed by atoms with E-state index in [-0.39, 0.29) is 6.04 Å². The lowest BCUT2D eigenvalue weighted by atomic mass is 10.1. The summed E-state index contributed by atoms with van der Waals surface area (Å²) in [4.78, 5) is 4.25. The second-order valence-electron chi connectivity index (χ2n) is 4.51. The zero-order chi connectivity index (χ0) is 12.5. The van der Waals surface area contributed by atoms with Crippen LogP contribution in [0.5, 0.6) is 0 Å². The van der Waals surface area contributed by atoms with Gasteiger partial charge in [-0.05, 0) is 25.8 Å². The van der Waals surface area contributed by atoms with E-state index in [1.165, 1.54) is 0 Å². The third-order valence-electron chi connectivity index (χ3n) is 3.09. The Balaban J connectivity index is 1.89. The van der Waals surface area contributed by atoms with Crippen molar-refractivity contribution < 1.29 is 9.13 Å². The van der Waals surface area contributed by atoms with E-state index in [2.05, 4.69) is 15.4 Å². The van der Waals surface area contributed by atoms with Gasteiger partial charge >= 0.3 is 0 Å². The molecule has 96 valence electrons. The van der Waals surface area contributed by atoms with Crippen LogP contribution in [0.4, 0.5) is 10.2 Å². The molecule has 2 aromatic heterocycles. The highest BCUT2D eigenvalue weighted by Crippen LogP contribution is 2.22. The third-order valence-corrected chi connectivity index (χ3v) is 3.09. The van der Waals surface area contributed by atoms with Crippen molar-refractivity contribution >= 4 is 11.3 Å². The van der Waals surface area contributed by atoms with Crippen LogP contribution in [-0.2, 0) is 4.74 Å². The predicted octanol–water partition coefficient (Wildman–Crippen LogP) is 1.92. The van der Waals surface area contributed by atoms with Gasteiger partial charge in [0.05, 0.1) is 18.3 Å². The molecular weight excluding hydrogens is 235 g/mol. The monoisotopic (exact) mass is 250 g/mol. The Morgan fingerprint density at radius 3 is 3.28 bits per heavy atom. The Morgan fingerprint density at radius 1 is 1.56 bits per heavy atom.